The molecule has 0 unspecified atom stereocenters. The highest BCUT2D eigenvalue weighted by Gasteiger charge is 2.55. The predicted octanol–water partition coefficient (Wildman–Crippen LogP) is 3.94. The van der Waals surface area contributed by atoms with Crippen LogP contribution in [-0.2, 0) is 11.3 Å². The Labute approximate surface area is 175 Å². The van der Waals surface area contributed by atoms with E-state index in [0.29, 0.717) is 17.1 Å². The quantitative estimate of drug-likeness (QED) is 0.719. The average molecular weight is 410 g/mol. The Balaban J connectivity index is 1.30. The standard InChI is InChI=1S/C23H24ClN3O2/c24-19-7-3-1-5-15(19)13-25-21(28)18-11-16-10-9-14(18)12-23(16)26-20-8-4-2-6-17(20)22(29)27-23/h1-8,14,16,18,26H,9-13H2,(H,25,28)(H,27,29)/t14-,16-,18+,23-/m1/s1. The molecule has 0 radical (unpaired) electrons. The third-order valence-corrected chi connectivity index (χ3v) is 7.26. The van der Waals surface area contributed by atoms with Gasteiger partial charge in [0.1, 0.15) is 5.66 Å². The maximum atomic E-state index is 12.9. The number of para-hydroxylation sites is 1. The summed E-state index contributed by atoms with van der Waals surface area (Å²) >= 11 is 6.21. The van der Waals surface area contributed by atoms with E-state index >= 15 is 0 Å². The molecule has 6 rings (SSSR count). The number of rotatable bonds is 3. The number of benzene rings is 2. The lowest BCUT2D eigenvalue weighted by Gasteiger charge is -2.56. The molecule has 2 bridgehead atoms. The zero-order valence-corrected chi connectivity index (χ0v) is 16.8. The molecule has 3 fully saturated rings. The molecule has 6 heteroatoms. The van der Waals surface area contributed by atoms with Gasteiger partial charge in [-0.15, -0.1) is 0 Å². The fourth-order valence-electron chi connectivity index (χ4n) is 5.42. The third kappa shape index (κ3) is 3.18. The van der Waals surface area contributed by atoms with Gasteiger partial charge in [0.25, 0.3) is 5.91 Å². The summed E-state index contributed by atoms with van der Waals surface area (Å²) in [7, 11) is 0. The van der Waals surface area contributed by atoms with Crippen LogP contribution in [-0.4, -0.2) is 17.5 Å². The van der Waals surface area contributed by atoms with E-state index in [0.717, 1.165) is 36.9 Å². The number of fused-ring (bicyclic) bond motifs is 3. The molecule has 0 saturated heterocycles. The van der Waals surface area contributed by atoms with Gasteiger partial charge in [-0.25, -0.2) is 0 Å². The van der Waals surface area contributed by atoms with Crippen molar-refractivity contribution < 1.29 is 9.59 Å². The van der Waals surface area contributed by atoms with Crippen LogP contribution in [0.15, 0.2) is 48.5 Å². The first kappa shape index (κ1) is 18.5. The lowest BCUT2D eigenvalue weighted by atomic mass is 9.58. The number of halogens is 1. The fourth-order valence-corrected chi connectivity index (χ4v) is 5.62. The second-order valence-electron chi connectivity index (χ2n) is 8.49. The summed E-state index contributed by atoms with van der Waals surface area (Å²) in [6.45, 7) is 0.444. The van der Waals surface area contributed by atoms with Crippen molar-refractivity contribution in [2.24, 2.45) is 17.8 Å². The summed E-state index contributed by atoms with van der Waals surface area (Å²) in [4.78, 5) is 25.6. The minimum Gasteiger partial charge on any atom is -0.362 e. The highest BCUT2D eigenvalue weighted by molar-refractivity contribution is 6.31. The van der Waals surface area contributed by atoms with Gasteiger partial charge >= 0.3 is 0 Å². The highest BCUT2D eigenvalue weighted by atomic mass is 35.5. The molecule has 3 saturated carbocycles. The van der Waals surface area contributed by atoms with Crippen LogP contribution in [0, 0.1) is 17.8 Å². The Morgan fingerprint density at radius 2 is 1.90 bits per heavy atom. The molecule has 2 aromatic rings. The van der Waals surface area contributed by atoms with E-state index < -0.39 is 5.66 Å². The van der Waals surface area contributed by atoms with Crippen molar-refractivity contribution >= 4 is 29.1 Å². The summed E-state index contributed by atoms with van der Waals surface area (Å²) in [6.07, 6.45) is 3.61. The Hall–Kier alpha value is -2.53. The minimum absolute atomic E-state index is 0.0160. The molecule has 2 amide bonds. The van der Waals surface area contributed by atoms with Crippen LogP contribution in [0.1, 0.15) is 41.6 Å². The van der Waals surface area contributed by atoms with E-state index in [-0.39, 0.29) is 29.6 Å². The van der Waals surface area contributed by atoms with E-state index in [9.17, 15) is 9.59 Å². The lowest BCUT2D eigenvalue weighted by Crippen LogP contribution is -2.68. The summed E-state index contributed by atoms with van der Waals surface area (Å²) in [5.74, 6) is 0.548. The van der Waals surface area contributed by atoms with Gasteiger partial charge in [0.05, 0.1) is 5.56 Å². The molecule has 4 aliphatic rings. The van der Waals surface area contributed by atoms with Gasteiger partial charge in [-0.1, -0.05) is 41.9 Å². The van der Waals surface area contributed by atoms with Gasteiger partial charge in [-0.2, -0.15) is 0 Å². The molecule has 1 aliphatic heterocycles. The Morgan fingerprint density at radius 3 is 2.69 bits per heavy atom. The van der Waals surface area contributed by atoms with Crippen LogP contribution in [0.25, 0.3) is 0 Å². The zero-order valence-electron chi connectivity index (χ0n) is 16.1. The largest absolute Gasteiger partial charge is 0.362 e. The monoisotopic (exact) mass is 409 g/mol. The first-order valence-corrected chi connectivity index (χ1v) is 10.6. The highest BCUT2D eigenvalue weighted by Crippen LogP contribution is 2.51. The first-order valence-electron chi connectivity index (χ1n) is 10.3. The Kier molecular flexibility index (Phi) is 4.50. The fraction of sp³-hybridized carbons (Fsp3) is 0.391. The van der Waals surface area contributed by atoms with Gasteiger partial charge < -0.3 is 16.0 Å². The smallest absolute Gasteiger partial charge is 0.255 e. The predicted molar refractivity (Wildman–Crippen MR) is 112 cm³/mol. The van der Waals surface area contributed by atoms with Crippen LogP contribution in [0.3, 0.4) is 0 Å². The summed E-state index contributed by atoms with van der Waals surface area (Å²) in [5, 5.41) is 10.6. The number of nitrogens with one attached hydrogen (secondary N) is 3. The van der Waals surface area contributed by atoms with Crippen molar-refractivity contribution in [2.75, 3.05) is 5.32 Å². The van der Waals surface area contributed by atoms with Gasteiger partial charge in [-0.3, -0.25) is 9.59 Å². The van der Waals surface area contributed by atoms with Crippen LogP contribution < -0.4 is 16.0 Å². The van der Waals surface area contributed by atoms with Crippen molar-refractivity contribution in [1.82, 2.24) is 10.6 Å². The van der Waals surface area contributed by atoms with Gasteiger partial charge in [0.2, 0.25) is 5.91 Å². The van der Waals surface area contributed by atoms with E-state index in [1.165, 1.54) is 0 Å². The number of carbonyl (C=O) groups excluding carboxylic acids is 2. The minimum atomic E-state index is -0.437. The number of carbonyl (C=O) groups is 2. The molecular formula is C23H24ClN3O2. The molecule has 3 N–H and O–H groups in total. The van der Waals surface area contributed by atoms with E-state index in [1.54, 1.807) is 0 Å². The second-order valence-corrected chi connectivity index (χ2v) is 8.89. The van der Waals surface area contributed by atoms with Crippen LogP contribution in [0.4, 0.5) is 5.69 Å². The molecule has 150 valence electrons. The molecule has 29 heavy (non-hydrogen) atoms. The lowest BCUT2D eigenvalue weighted by molar-refractivity contribution is -0.132. The normalized spacial score (nSPS) is 29.7. The summed E-state index contributed by atoms with van der Waals surface area (Å²) < 4.78 is 0. The number of amides is 2. The van der Waals surface area contributed by atoms with Crippen molar-refractivity contribution in [3.63, 3.8) is 0 Å². The second kappa shape index (κ2) is 7.06. The molecule has 1 heterocycles. The number of hydrogen-bond acceptors (Lipinski definition) is 3. The topological polar surface area (TPSA) is 70.2 Å². The van der Waals surface area contributed by atoms with Crippen LogP contribution in [0.5, 0.6) is 0 Å². The first-order chi connectivity index (χ1) is 14.1. The third-order valence-electron chi connectivity index (χ3n) is 6.89. The summed E-state index contributed by atoms with van der Waals surface area (Å²) in [5.41, 5.74) is 2.07. The van der Waals surface area contributed by atoms with E-state index in [4.69, 9.17) is 11.6 Å². The number of hydrogen-bond donors (Lipinski definition) is 3. The molecule has 0 aromatic heterocycles. The van der Waals surface area contributed by atoms with Crippen molar-refractivity contribution in [1.29, 1.82) is 0 Å². The van der Waals surface area contributed by atoms with Gasteiger partial charge in [0.15, 0.2) is 0 Å². The SMILES string of the molecule is O=C1N[C@@]2(C[C@H]3CC[C@@H]2C[C@@H]3C(=O)NCc2ccccc2Cl)Nc2ccccc21. The molecule has 1 spiro atoms. The Morgan fingerprint density at radius 1 is 1.10 bits per heavy atom. The van der Waals surface area contributed by atoms with Crippen molar-refractivity contribution in [2.45, 2.75) is 37.9 Å². The van der Waals surface area contributed by atoms with Gasteiger partial charge in [-0.05, 0) is 55.4 Å². The number of anilines is 1. The molecule has 5 nitrogen and oxygen atoms in total. The Bertz CT molecular complexity index is 978. The average Bonchev–Trinajstić information content (AvgIpc) is 2.73. The molecule has 2 aromatic carbocycles. The van der Waals surface area contributed by atoms with E-state index in [1.807, 2.05) is 48.5 Å². The van der Waals surface area contributed by atoms with Crippen LogP contribution >= 0.6 is 11.6 Å². The van der Waals surface area contributed by atoms with Crippen molar-refractivity contribution in [3.05, 3.63) is 64.7 Å². The summed E-state index contributed by atoms with van der Waals surface area (Å²) in [6, 6.07) is 15.2. The van der Waals surface area contributed by atoms with E-state index in [2.05, 4.69) is 16.0 Å². The van der Waals surface area contributed by atoms with Crippen LogP contribution in [0.2, 0.25) is 5.02 Å². The molecule has 3 aliphatic carbocycles. The maximum absolute atomic E-state index is 12.9. The van der Waals surface area contributed by atoms with Crippen molar-refractivity contribution in [3.8, 4) is 0 Å². The molecular weight excluding hydrogens is 386 g/mol. The van der Waals surface area contributed by atoms with Gasteiger partial charge in [0, 0.05) is 29.1 Å². The maximum Gasteiger partial charge on any atom is 0.255 e. The molecule has 4 atom stereocenters. The zero-order chi connectivity index (χ0) is 20.0.